The van der Waals surface area contributed by atoms with E-state index >= 15 is 0 Å². The molecule has 1 aromatic rings. The quantitative estimate of drug-likeness (QED) is 0.675. The first-order valence-corrected chi connectivity index (χ1v) is 6.66. The summed E-state index contributed by atoms with van der Waals surface area (Å²) in [5.41, 5.74) is 7.10. The minimum absolute atomic E-state index is 0. The molecule has 20 heavy (non-hydrogen) atoms. The first-order chi connectivity index (χ1) is 8.98. The third kappa shape index (κ3) is 6.37. The minimum atomic E-state index is -0.0759. The maximum absolute atomic E-state index is 11.8. The summed E-state index contributed by atoms with van der Waals surface area (Å²) in [7, 11) is 0. The number of carbonyl (C=O) groups is 1. The Morgan fingerprint density at radius 1 is 1.30 bits per heavy atom. The largest absolute Gasteiger partial charge is 0.396 e. The summed E-state index contributed by atoms with van der Waals surface area (Å²) in [6.45, 7) is 5.31. The summed E-state index contributed by atoms with van der Waals surface area (Å²) >= 11 is 0. The summed E-state index contributed by atoms with van der Waals surface area (Å²) in [6.07, 6.45) is 1.75. The normalized spacial score (nSPS) is 10.8. The summed E-state index contributed by atoms with van der Waals surface area (Å²) in [6, 6.07) is 7.30. The van der Waals surface area contributed by atoms with Crippen molar-refractivity contribution in [2.75, 3.05) is 13.2 Å². The van der Waals surface area contributed by atoms with E-state index < -0.39 is 0 Å². The van der Waals surface area contributed by atoms with Gasteiger partial charge in [0.15, 0.2) is 0 Å². The molecule has 5 heteroatoms. The molecule has 1 amide bonds. The molecular formula is C15H25ClN2O2. The number of aliphatic hydroxyl groups excluding tert-OH is 1. The zero-order valence-corrected chi connectivity index (χ0v) is 13.0. The molecule has 0 bridgehead atoms. The molecule has 4 N–H and O–H groups in total. The van der Waals surface area contributed by atoms with Crippen LogP contribution in [-0.4, -0.2) is 24.2 Å². The van der Waals surface area contributed by atoms with E-state index in [0.29, 0.717) is 18.7 Å². The fourth-order valence-electron chi connectivity index (χ4n) is 1.74. The number of carbonyl (C=O) groups excluding carboxylic acids is 1. The smallest absolute Gasteiger partial charge is 0.251 e. The second-order valence-electron chi connectivity index (χ2n) is 5.58. The molecule has 0 unspecified atom stereocenters. The van der Waals surface area contributed by atoms with Crippen molar-refractivity contribution in [1.29, 1.82) is 0 Å². The van der Waals surface area contributed by atoms with Gasteiger partial charge < -0.3 is 16.2 Å². The van der Waals surface area contributed by atoms with E-state index in [1.807, 2.05) is 26.0 Å². The third-order valence-electron chi connectivity index (χ3n) is 3.20. The van der Waals surface area contributed by atoms with Crippen molar-refractivity contribution in [3.63, 3.8) is 0 Å². The Morgan fingerprint density at radius 3 is 2.40 bits per heavy atom. The molecule has 0 saturated heterocycles. The zero-order valence-electron chi connectivity index (χ0n) is 12.2. The van der Waals surface area contributed by atoms with Gasteiger partial charge in [0.05, 0.1) is 0 Å². The Morgan fingerprint density at radius 2 is 1.90 bits per heavy atom. The number of hydrogen-bond acceptors (Lipinski definition) is 3. The van der Waals surface area contributed by atoms with Gasteiger partial charge in [0.1, 0.15) is 0 Å². The van der Waals surface area contributed by atoms with Crippen molar-refractivity contribution in [2.24, 2.45) is 11.1 Å². The van der Waals surface area contributed by atoms with Gasteiger partial charge in [0.2, 0.25) is 0 Å². The van der Waals surface area contributed by atoms with Crippen LogP contribution in [0.4, 0.5) is 0 Å². The molecule has 1 aromatic carbocycles. The van der Waals surface area contributed by atoms with Gasteiger partial charge in [-0.2, -0.15) is 0 Å². The highest BCUT2D eigenvalue weighted by molar-refractivity contribution is 5.94. The van der Waals surface area contributed by atoms with Crippen LogP contribution in [0.3, 0.4) is 0 Å². The third-order valence-corrected chi connectivity index (χ3v) is 3.20. The SMILES string of the molecule is CC(C)(CO)CCCNC(=O)c1ccc(CN)cc1.Cl. The maximum atomic E-state index is 11.8. The first-order valence-electron chi connectivity index (χ1n) is 6.66. The van der Waals surface area contributed by atoms with Gasteiger partial charge in [-0.15, -0.1) is 12.4 Å². The number of nitrogens with one attached hydrogen (secondary N) is 1. The molecule has 0 atom stereocenters. The second kappa shape index (κ2) is 8.95. The number of aliphatic hydroxyl groups is 1. The molecule has 4 nitrogen and oxygen atoms in total. The molecule has 114 valence electrons. The Bertz CT molecular complexity index is 405. The van der Waals surface area contributed by atoms with Gasteiger partial charge in [-0.25, -0.2) is 0 Å². The average Bonchev–Trinajstić information content (AvgIpc) is 2.43. The van der Waals surface area contributed by atoms with Crippen LogP contribution in [0.5, 0.6) is 0 Å². The Balaban J connectivity index is 0.00000361. The van der Waals surface area contributed by atoms with Crippen LogP contribution in [0.15, 0.2) is 24.3 Å². The van der Waals surface area contributed by atoms with Crippen molar-refractivity contribution < 1.29 is 9.90 Å². The molecule has 0 heterocycles. The van der Waals surface area contributed by atoms with Crippen LogP contribution >= 0.6 is 12.4 Å². The minimum Gasteiger partial charge on any atom is -0.396 e. The molecule has 0 aliphatic heterocycles. The number of halogens is 1. The van der Waals surface area contributed by atoms with Crippen molar-refractivity contribution in [3.8, 4) is 0 Å². The van der Waals surface area contributed by atoms with Crippen LogP contribution in [0, 0.1) is 5.41 Å². The van der Waals surface area contributed by atoms with E-state index in [1.165, 1.54) is 0 Å². The van der Waals surface area contributed by atoms with Crippen LogP contribution in [0.25, 0.3) is 0 Å². The number of nitrogens with two attached hydrogens (primary N) is 1. The lowest BCUT2D eigenvalue weighted by atomic mass is 9.89. The van der Waals surface area contributed by atoms with E-state index in [0.717, 1.165) is 18.4 Å². The summed E-state index contributed by atoms with van der Waals surface area (Å²) in [4.78, 5) is 11.8. The maximum Gasteiger partial charge on any atom is 0.251 e. The number of hydrogen-bond donors (Lipinski definition) is 3. The number of benzene rings is 1. The van der Waals surface area contributed by atoms with Gasteiger partial charge in [-0.1, -0.05) is 26.0 Å². The van der Waals surface area contributed by atoms with E-state index in [1.54, 1.807) is 12.1 Å². The van der Waals surface area contributed by atoms with Crippen molar-refractivity contribution in [2.45, 2.75) is 33.2 Å². The van der Waals surface area contributed by atoms with Crippen molar-refractivity contribution >= 4 is 18.3 Å². The van der Waals surface area contributed by atoms with Crippen LogP contribution in [-0.2, 0) is 6.54 Å². The molecule has 0 aliphatic carbocycles. The standard InChI is InChI=1S/C15H24N2O2.ClH/c1-15(2,11-18)8-3-9-17-14(19)13-6-4-12(10-16)5-7-13;/h4-7,18H,3,8-11,16H2,1-2H3,(H,17,19);1H. The lowest BCUT2D eigenvalue weighted by molar-refractivity contribution is 0.0948. The number of amides is 1. The van der Waals surface area contributed by atoms with Gasteiger partial charge in [0, 0.05) is 25.3 Å². The van der Waals surface area contributed by atoms with E-state index in [2.05, 4.69) is 5.32 Å². The van der Waals surface area contributed by atoms with Gasteiger partial charge in [0.25, 0.3) is 5.91 Å². The first kappa shape index (κ1) is 18.9. The number of rotatable bonds is 7. The molecule has 0 aliphatic rings. The van der Waals surface area contributed by atoms with Gasteiger partial charge in [-0.3, -0.25) is 4.79 Å². The molecule has 0 radical (unpaired) electrons. The molecular weight excluding hydrogens is 276 g/mol. The van der Waals surface area contributed by atoms with E-state index in [4.69, 9.17) is 10.8 Å². The van der Waals surface area contributed by atoms with Crippen LogP contribution in [0.2, 0.25) is 0 Å². The second-order valence-corrected chi connectivity index (χ2v) is 5.58. The molecule has 0 spiro atoms. The van der Waals surface area contributed by atoms with Crippen LogP contribution < -0.4 is 11.1 Å². The fourth-order valence-corrected chi connectivity index (χ4v) is 1.74. The molecule has 0 aromatic heterocycles. The Labute approximate surface area is 127 Å². The topological polar surface area (TPSA) is 75.3 Å². The molecule has 1 rings (SSSR count). The highest BCUT2D eigenvalue weighted by Crippen LogP contribution is 2.20. The fraction of sp³-hybridized carbons (Fsp3) is 0.533. The average molecular weight is 301 g/mol. The summed E-state index contributed by atoms with van der Waals surface area (Å²) in [5.74, 6) is -0.0645. The molecule has 0 fully saturated rings. The van der Waals surface area contributed by atoms with Gasteiger partial charge >= 0.3 is 0 Å². The molecule has 0 saturated carbocycles. The highest BCUT2D eigenvalue weighted by atomic mass is 35.5. The van der Waals surface area contributed by atoms with Crippen molar-refractivity contribution in [1.82, 2.24) is 5.32 Å². The van der Waals surface area contributed by atoms with Gasteiger partial charge in [-0.05, 0) is 36.0 Å². The van der Waals surface area contributed by atoms with E-state index in [9.17, 15) is 4.79 Å². The van der Waals surface area contributed by atoms with E-state index in [-0.39, 0.29) is 30.3 Å². The Kier molecular flexibility index (Phi) is 8.46. The summed E-state index contributed by atoms with van der Waals surface area (Å²) in [5, 5.41) is 12.0. The summed E-state index contributed by atoms with van der Waals surface area (Å²) < 4.78 is 0. The van der Waals surface area contributed by atoms with Crippen molar-refractivity contribution in [3.05, 3.63) is 35.4 Å². The lowest BCUT2D eigenvalue weighted by Gasteiger charge is -2.21. The zero-order chi connectivity index (χ0) is 14.3. The Hall–Kier alpha value is -1.10. The monoisotopic (exact) mass is 300 g/mol. The lowest BCUT2D eigenvalue weighted by Crippen LogP contribution is -2.26. The highest BCUT2D eigenvalue weighted by Gasteiger charge is 2.15. The predicted octanol–water partition coefficient (Wildman–Crippen LogP) is 2.10. The van der Waals surface area contributed by atoms with Crippen LogP contribution in [0.1, 0.15) is 42.6 Å². The predicted molar refractivity (Wildman–Crippen MR) is 84.0 cm³/mol.